The maximum Gasteiger partial charge on any atom is 0.243 e. The van der Waals surface area contributed by atoms with E-state index in [1.165, 1.54) is 6.42 Å². The van der Waals surface area contributed by atoms with Gasteiger partial charge in [-0.25, -0.2) is 8.42 Å². The number of hydrogen-bond donors (Lipinski definition) is 0. The zero-order chi connectivity index (χ0) is 17.4. The molecule has 7 heteroatoms. The third-order valence-corrected chi connectivity index (χ3v) is 7.15. The summed E-state index contributed by atoms with van der Waals surface area (Å²) in [6.07, 6.45) is 5.89. The number of aryl methyl sites for hydroxylation is 1. The minimum atomic E-state index is -3.58. The third kappa shape index (κ3) is 3.11. The monoisotopic (exact) mass is 361 g/mol. The molecule has 2 aromatic rings. The molecule has 0 N–H and O–H groups in total. The second-order valence-electron chi connectivity index (χ2n) is 7.05. The fraction of sp³-hybridized carbons (Fsp3) is 0.556. The molecule has 0 unspecified atom stereocenters. The molecular formula is C18H23N3O3S. The van der Waals surface area contributed by atoms with Gasteiger partial charge in [0, 0.05) is 12.5 Å². The van der Waals surface area contributed by atoms with E-state index in [0.717, 1.165) is 37.7 Å². The molecule has 1 saturated carbocycles. The van der Waals surface area contributed by atoms with Crippen molar-refractivity contribution in [3.05, 3.63) is 41.6 Å². The number of aromatic nitrogens is 2. The number of piperidine rings is 1. The van der Waals surface area contributed by atoms with Gasteiger partial charge < -0.3 is 4.42 Å². The van der Waals surface area contributed by atoms with Gasteiger partial charge in [-0.3, -0.25) is 0 Å². The van der Waals surface area contributed by atoms with Crippen LogP contribution in [0.3, 0.4) is 0 Å². The molecule has 2 fully saturated rings. The van der Waals surface area contributed by atoms with E-state index in [-0.39, 0.29) is 6.04 Å². The molecule has 134 valence electrons. The Balaban J connectivity index is 1.65. The molecule has 0 bridgehead atoms. The van der Waals surface area contributed by atoms with Crippen molar-refractivity contribution < 1.29 is 12.8 Å². The van der Waals surface area contributed by atoms with Crippen LogP contribution in [0.1, 0.15) is 67.8 Å². The van der Waals surface area contributed by atoms with E-state index < -0.39 is 10.0 Å². The number of sulfonamides is 1. The average molecular weight is 361 g/mol. The molecular weight excluding hydrogens is 338 g/mol. The molecule has 0 radical (unpaired) electrons. The largest absolute Gasteiger partial charge is 0.423 e. The molecule has 1 aromatic heterocycles. The van der Waals surface area contributed by atoms with Gasteiger partial charge in [-0.05, 0) is 50.3 Å². The molecule has 0 spiro atoms. The Morgan fingerprint density at radius 1 is 1.08 bits per heavy atom. The van der Waals surface area contributed by atoms with E-state index >= 15 is 0 Å². The van der Waals surface area contributed by atoms with Crippen LogP contribution in [0.15, 0.2) is 33.6 Å². The van der Waals surface area contributed by atoms with Crippen molar-refractivity contribution in [3.8, 4) is 0 Å². The average Bonchev–Trinajstić information content (AvgIpc) is 3.02. The lowest BCUT2D eigenvalue weighted by molar-refractivity contribution is 0.210. The Morgan fingerprint density at radius 2 is 1.88 bits per heavy atom. The summed E-state index contributed by atoms with van der Waals surface area (Å²) in [4.78, 5) is 0.332. The highest BCUT2D eigenvalue weighted by Crippen LogP contribution is 2.39. The van der Waals surface area contributed by atoms with Crippen molar-refractivity contribution in [3.63, 3.8) is 0 Å². The lowest BCUT2D eigenvalue weighted by Gasteiger charge is -2.32. The van der Waals surface area contributed by atoms with Crippen molar-refractivity contribution in [1.29, 1.82) is 0 Å². The van der Waals surface area contributed by atoms with Crippen LogP contribution < -0.4 is 0 Å². The highest BCUT2D eigenvalue weighted by atomic mass is 32.2. The van der Waals surface area contributed by atoms with Crippen LogP contribution in [0.25, 0.3) is 0 Å². The third-order valence-electron chi connectivity index (χ3n) is 5.25. The Hall–Kier alpha value is -1.73. The quantitative estimate of drug-likeness (QED) is 0.832. The van der Waals surface area contributed by atoms with Crippen LogP contribution in [-0.2, 0) is 10.0 Å². The summed E-state index contributed by atoms with van der Waals surface area (Å²) >= 11 is 0. The molecule has 1 aromatic carbocycles. The summed E-state index contributed by atoms with van der Waals surface area (Å²) in [6, 6.07) is 6.69. The molecule has 25 heavy (non-hydrogen) atoms. The maximum absolute atomic E-state index is 13.2. The zero-order valence-corrected chi connectivity index (χ0v) is 15.2. The predicted octanol–water partition coefficient (Wildman–Crippen LogP) is 3.56. The van der Waals surface area contributed by atoms with Gasteiger partial charge in [-0.15, -0.1) is 10.2 Å². The second kappa shape index (κ2) is 6.53. The van der Waals surface area contributed by atoms with Gasteiger partial charge in [0.25, 0.3) is 0 Å². The molecule has 6 nitrogen and oxygen atoms in total. The van der Waals surface area contributed by atoms with E-state index in [9.17, 15) is 8.42 Å². The van der Waals surface area contributed by atoms with Gasteiger partial charge in [-0.2, -0.15) is 4.31 Å². The van der Waals surface area contributed by atoms with E-state index in [0.29, 0.717) is 29.1 Å². The number of rotatable bonds is 4. The van der Waals surface area contributed by atoms with Gasteiger partial charge in [0.05, 0.1) is 4.90 Å². The maximum atomic E-state index is 13.2. The highest BCUT2D eigenvalue weighted by molar-refractivity contribution is 7.89. The van der Waals surface area contributed by atoms with E-state index in [1.807, 2.05) is 13.0 Å². The first-order chi connectivity index (χ1) is 12.1. The number of benzene rings is 1. The topological polar surface area (TPSA) is 76.3 Å². The van der Waals surface area contributed by atoms with E-state index in [2.05, 4.69) is 10.2 Å². The first-order valence-electron chi connectivity index (χ1n) is 8.97. The molecule has 0 amide bonds. The first kappa shape index (κ1) is 16.7. The summed E-state index contributed by atoms with van der Waals surface area (Å²) in [5.41, 5.74) is 0.930. The Bertz CT molecular complexity index is 858. The summed E-state index contributed by atoms with van der Waals surface area (Å²) in [7, 11) is -3.58. The van der Waals surface area contributed by atoms with Crippen molar-refractivity contribution in [2.75, 3.05) is 6.54 Å². The summed E-state index contributed by atoms with van der Waals surface area (Å²) < 4.78 is 33.8. The molecule has 4 rings (SSSR count). The lowest BCUT2D eigenvalue weighted by atomic mass is 9.85. The SMILES string of the molecule is Cc1cccc(S(=O)(=O)N2CCCC[C@H]2c2nnc(C3CCC3)o2)c1. The predicted molar refractivity (Wildman–Crippen MR) is 92.6 cm³/mol. The zero-order valence-electron chi connectivity index (χ0n) is 14.4. The Morgan fingerprint density at radius 3 is 2.60 bits per heavy atom. The molecule has 1 aliphatic heterocycles. The van der Waals surface area contributed by atoms with Crippen molar-refractivity contribution >= 4 is 10.0 Å². The molecule has 1 atom stereocenters. The van der Waals surface area contributed by atoms with Crippen molar-refractivity contribution in [1.82, 2.24) is 14.5 Å². The lowest BCUT2D eigenvalue weighted by Crippen LogP contribution is -2.38. The minimum absolute atomic E-state index is 0.332. The van der Waals surface area contributed by atoms with E-state index in [1.54, 1.807) is 22.5 Å². The fourth-order valence-corrected chi connectivity index (χ4v) is 5.31. The second-order valence-corrected chi connectivity index (χ2v) is 8.94. The number of nitrogens with zero attached hydrogens (tertiary/aromatic N) is 3. The van der Waals surface area contributed by atoms with Crippen LogP contribution >= 0.6 is 0 Å². The molecule has 2 aliphatic rings. The van der Waals surface area contributed by atoms with Crippen LogP contribution in [-0.4, -0.2) is 29.5 Å². The highest BCUT2D eigenvalue weighted by Gasteiger charge is 2.38. The van der Waals surface area contributed by atoms with Crippen LogP contribution in [0, 0.1) is 6.92 Å². The van der Waals surface area contributed by atoms with Crippen molar-refractivity contribution in [2.45, 2.75) is 62.3 Å². The molecule has 1 saturated heterocycles. The van der Waals surface area contributed by atoms with Gasteiger partial charge >= 0.3 is 0 Å². The fourth-order valence-electron chi connectivity index (χ4n) is 3.55. The Kier molecular flexibility index (Phi) is 4.37. The first-order valence-corrected chi connectivity index (χ1v) is 10.4. The van der Waals surface area contributed by atoms with Crippen molar-refractivity contribution in [2.24, 2.45) is 0 Å². The standard InChI is InChI=1S/C18H23N3O3S/c1-13-6-4-9-15(12-13)25(22,23)21-11-3-2-10-16(21)18-20-19-17(24-18)14-7-5-8-14/h4,6,9,12,14,16H,2-3,5,7-8,10-11H2,1H3/t16-/m0/s1. The number of hydrogen-bond acceptors (Lipinski definition) is 5. The van der Waals surface area contributed by atoms with Gasteiger partial charge in [0.2, 0.25) is 21.8 Å². The van der Waals surface area contributed by atoms with Gasteiger partial charge in [0.1, 0.15) is 6.04 Å². The van der Waals surface area contributed by atoms with Crippen LogP contribution in [0.4, 0.5) is 0 Å². The van der Waals surface area contributed by atoms with Crippen LogP contribution in [0.5, 0.6) is 0 Å². The van der Waals surface area contributed by atoms with Crippen LogP contribution in [0.2, 0.25) is 0 Å². The van der Waals surface area contributed by atoms with E-state index in [4.69, 9.17) is 4.42 Å². The normalized spacial score (nSPS) is 22.7. The minimum Gasteiger partial charge on any atom is -0.423 e. The summed E-state index contributed by atoms with van der Waals surface area (Å²) in [6.45, 7) is 2.39. The smallest absolute Gasteiger partial charge is 0.243 e. The summed E-state index contributed by atoms with van der Waals surface area (Å²) in [5, 5.41) is 8.37. The molecule has 1 aliphatic carbocycles. The Labute approximate surface area is 148 Å². The van der Waals surface area contributed by atoms with Gasteiger partial charge in [-0.1, -0.05) is 25.0 Å². The van der Waals surface area contributed by atoms with Gasteiger partial charge in [0.15, 0.2) is 0 Å². The summed E-state index contributed by atoms with van der Waals surface area (Å²) in [5.74, 6) is 1.46. The molecule has 2 heterocycles.